The summed E-state index contributed by atoms with van der Waals surface area (Å²) in [6, 6.07) is 7.83. The van der Waals surface area contributed by atoms with E-state index < -0.39 is 0 Å². The molecule has 1 fully saturated rings. The number of nitrogens with one attached hydrogen (secondary N) is 2. The van der Waals surface area contributed by atoms with Crippen LogP contribution in [0.4, 0.5) is 5.69 Å². The molecule has 17 heavy (non-hydrogen) atoms. The van der Waals surface area contributed by atoms with Crippen LogP contribution in [0.3, 0.4) is 0 Å². The van der Waals surface area contributed by atoms with Crippen molar-refractivity contribution in [2.75, 3.05) is 18.5 Å². The van der Waals surface area contributed by atoms with Gasteiger partial charge in [0.1, 0.15) is 12.4 Å². The number of benzene rings is 1. The molecule has 3 heteroatoms. The Bertz CT molecular complexity index is 401. The monoisotopic (exact) mass is 232 g/mol. The van der Waals surface area contributed by atoms with E-state index in [-0.39, 0.29) is 0 Å². The van der Waals surface area contributed by atoms with Crippen LogP contribution in [0.5, 0.6) is 5.75 Å². The van der Waals surface area contributed by atoms with Crippen LogP contribution in [-0.2, 0) is 6.42 Å². The largest absolute Gasteiger partial charge is 0.490 e. The molecule has 1 unspecified atom stereocenters. The van der Waals surface area contributed by atoms with Crippen molar-refractivity contribution < 1.29 is 4.74 Å². The summed E-state index contributed by atoms with van der Waals surface area (Å²) in [5, 5.41) is 7.01. The zero-order valence-electron chi connectivity index (χ0n) is 10.3. The van der Waals surface area contributed by atoms with Gasteiger partial charge in [-0.05, 0) is 43.9 Å². The molecule has 2 N–H and O–H groups in total. The number of anilines is 1. The number of rotatable bonds is 4. The zero-order valence-corrected chi connectivity index (χ0v) is 10.3. The Morgan fingerprint density at radius 2 is 2.35 bits per heavy atom. The van der Waals surface area contributed by atoms with E-state index in [4.69, 9.17) is 4.74 Å². The van der Waals surface area contributed by atoms with Gasteiger partial charge in [0.25, 0.3) is 0 Å². The van der Waals surface area contributed by atoms with Crippen molar-refractivity contribution in [3.63, 3.8) is 0 Å². The number of ether oxygens (including phenoxy) is 1. The summed E-state index contributed by atoms with van der Waals surface area (Å²) in [6.07, 6.45) is 3.79. The molecule has 1 heterocycles. The van der Waals surface area contributed by atoms with Crippen molar-refractivity contribution in [2.24, 2.45) is 0 Å². The van der Waals surface area contributed by atoms with E-state index in [0.29, 0.717) is 6.04 Å². The van der Waals surface area contributed by atoms with Crippen molar-refractivity contribution in [1.29, 1.82) is 0 Å². The van der Waals surface area contributed by atoms with Gasteiger partial charge >= 0.3 is 0 Å². The Kier molecular flexibility index (Phi) is 2.93. The predicted octanol–water partition coefficient (Wildman–Crippen LogP) is 2.17. The molecule has 1 aliphatic heterocycles. The molecule has 1 aromatic carbocycles. The number of hydrogen-bond acceptors (Lipinski definition) is 3. The minimum atomic E-state index is 0.560. The van der Waals surface area contributed by atoms with E-state index in [9.17, 15) is 0 Å². The lowest BCUT2D eigenvalue weighted by atomic mass is 10.1. The van der Waals surface area contributed by atoms with Gasteiger partial charge in [0.15, 0.2) is 0 Å². The molecule has 1 atom stereocenters. The zero-order chi connectivity index (χ0) is 11.7. The lowest BCUT2D eigenvalue weighted by Gasteiger charge is -2.20. The van der Waals surface area contributed by atoms with Crippen LogP contribution in [-0.4, -0.2) is 25.2 Å². The third-order valence-electron chi connectivity index (χ3n) is 3.36. The third kappa shape index (κ3) is 2.72. The minimum absolute atomic E-state index is 0.560. The number of fused-ring (bicyclic) bond motifs is 1. The average molecular weight is 232 g/mol. The molecular formula is C14H20N2O. The molecule has 0 radical (unpaired) electrons. The SMILES string of the molecule is CC(Cc1ccc2c(c1)NCCO2)NC1CC1. The Morgan fingerprint density at radius 3 is 3.18 bits per heavy atom. The maximum absolute atomic E-state index is 5.58. The van der Waals surface area contributed by atoms with E-state index in [2.05, 4.69) is 35.8 Å². The van der Waals surface area contributed by atoms with E-state index in [0.717, 1.165) is 37.1 Å². The van der Waals surface area contributed by atoms with Gasteiger partial charge in [-0.25, -0.2) is 0 Å². The van der Waals surface area contributed by atoms with Crippen molar-refractivity contribution >= 4 is 5.69 Å². The molecule has 0 amide bonds. The van der Waals surface area contributed by atoms with Gasteiger partial charge < -0.3 is 15.4 Å². The van der Waals surface area contributed by atoms with E-state index in [1.54, 1.807) is 0 Å². The van der Waals surface area contributed by atoms with Gasteiger partial charge in [-0.15, -0.1) is 0 Å². The fourth-order valence-corrected chi connectivity index (χ4v) is 2.38. The molecule has 3 rings (SSSR count). The predicted molar refractivity (Wildman–Crippen MR) is 69.8 cm³/mol. The maximum atomic E-state index is 5.58. The van der Waals surface area contributed by atoms with Gasteiger partial charge in [-0.2, -0.15) is 0 Å². The maximum Gasteiger partial charge on any atom is 0.142 e. The molecule has 0 saturated heterocycles. The third-order valence-corrected chi connectivity index (χ3v) is 3.36. The first-order valence-electron chi connectivity index (χ1n) is 6.57. The fraction of sp³-hybridized carbons (Fsp3) is 0.571. The van der Waals surface area contributed by atoms with Crippen molar-refractivity contribution in [3.8, 4) is 5.75 Å². The highest BCUT2D eigenvalue weighted by molar-refractivity contribution is 5.59. The lowest BCUT2D eigenvalue weighted by Crippen LogP contribution is -2.30. The second kappa shape index (κ2) is 4.57. The van der Waals surface area contributed by atoms with Crippen LogP contribution in [0.15, 0.2) is 18.2 Å². The highest BCUT2D eigenvalue weighted by atomic mass is 16.5. The summed E-state index contributed by atoms with van der Waals surface area (Å²) in [5.41, 5.74) is 2.52. The van der Waals surface area contributed by atoms with Crippen LogP contribution in [0.25, 0.3) is 0 Å². The quantitative estimate of drug-likeness (QED) is 0.834. The first-order valence-corrected chi connectivity index (χ1v) is 6.57. The topological polar surface area (TPSA) is 33.3 Å². The van der Waals surface area contributed by atoms with Crippen LogP contribution < -0.4 is 15.4 Å². The van der Waals surface area contributed by atoms with E-state index >= 15 is 0 Å². The van der Waals surface area contributed by atoms with Crippen LogP contribution in [0, 0.1) is 0 Å². The first-order chi connectivity index (χ1) is 8.31. The average Bonchev–Trinajstić information content (AvgIpc) is 3.12. The second-order valence-electron chi connectivity index (χ2n) is 5.15. The highest BCUT2D eigenvalue weighted by Gasteiger charge is 2.22. The Labute approximate surface area is 103 Å². The van der Waals surface area contributed by atoms with Gasteiger partial charge in [0.2, 0.25) is 0 Å². The summed E-state index contributed by atoms with van der Waals surface area (Å²) in [7, 11) is 0. The summed E-state index contributed by atoms with van der Waals surface area (Å²) in [6.45, 7) is 3.94. The minimum Gasteiger partial charge on any atom is -0.490 e. The summed E-state index contributed by atoms with van der Waals surface area (Å²) >= 11 is 0. The molecule has 0 bridgehead atoms. The molecule has 1 aliphatic carbocycles. The molecule has 92 valence electrons. The van der Waals surface area contributed by atoms with Crippen LogP contribution in [0.2, 0.25) is 0 Å². The van der Waals surface area contributed by atoms with Gasteiger partial charge in [-0.1, -0.05) is 6.07 Å². The Balaban J connectivity index is 1.65. The summed E-state index contributed by atoms with van der Waals surface area (Å²) in [4.78, 5) is 0. The Morgan fingerprint density at radius 1 is 1.47 bits per heavy atom. The van der Waals surface area contributed by atoms with Crippen molar-refractivity contribution in [2.45, 2.75) is 38.3 Å². The highest BCUT2D eigenvalue weighted by Crippen LogP contribution is 2.28. The second-order valence-corrected chi connectivity index (χ2v) is 5.15. The number of hydrogen-bond donors (Lipinski definition) is 2. The van der Waals surface area contributed by atoms with Crippen LogP contribution >= 0.6 is 0 Å². The molecule has 0 spiro atoms. The summed E-state index contributed by atoms with van der Waals surface area (Å²) < 4.78 is 5.58. The molecular weight excluding hydrogens is 212 g/mol. The standard InChI is InChI=1S/C14H20N2O/c1-10(16-12-3-4-12)8-11-2-5-14-13(9-11)15-6-7-17-14/h2,5,9-10,12,15-16H,3-4,6-8H2,1H3. The van der Waals surface area contributed by atoms with Crippen LogP contribution in [0.1, 0.15) is 25.3 Å². The molecule has 1 aromatic rings. The van der Waals surface area contributed by atoms with Gasteiger partial charge in [0, 0.05) is 18.6 Å². The van der Waals surface area contributed by atoms with Crippen molar-refractivity contribution in [3.05, 3.63) is 23.8 Å². The Hall–Kier alpha value is -1.22. The van der Waals surface area contributed by atoms with Gasteiger partial charge in [-0.3, -0.25) is 0 Å². The normalized spacial score (nSPS) is 20.1. The first kappa shape index (κ1) is 10.9. The van der Waals surface area contributed by atoms with Gasteiger partial charge in [0.05, 0.1) is 5.69 Å². The van der Waals surface area contributed by atoms with E-state index in [1.807, 2.05) is 0 Å². The fourth-order valence-electron chi connectivity index (χ4n) is 2.38. The molecule has 2 aliphatic rings. The lowest BCUT2D eigenvalue weighted by molar-refractivity contribution is 0.323. The molecule has 3 nitrogen and oxygen atoms in total. The van der Waals surface area contributed by atoms with Crippen molar-refractivity contribution in [1.82, 2.24) is 5.32 Å². The molecule has 1 saturated carbocycles. The summed E-state index contributed by atoms with van der Waals surface area (Å²) in [5.74, 6) is 0.989. The molecule has 0 aromatic heterocycles. The smallest absolute Gasteiger partial charge is 0.142 e. The van der Waals surface area contributed by atoms with E-state index in [1.165, 1.54) is 18.4 Å².